The third-order valence-electron chi connectivity index (χ3n) is 5.38. The summed E-state index contributed by atoms with van der Waals surface area (Å²) in [7, 11) is -0.0370. The molecular weight excluding hydrogens is 422 g/mol. The number of nitrogens with zero attached hydrogens (tertiary/aromatic N) is 2. The molecule has 1 fully saturated rings. The van der Waals surface area contributed by atoms with Crippen molar-refractivity contribution in [1.82, 2.24) is 4.90 Å². The minimum absolute atomic E-state index is 0.189. The molecule has 3 aromatic carbocycles. The van der Waals surface area contributed by atoms with Crippen LogP contribution >= 0.6 is 11.6 Å². The molecule has 6 nitrogen and oxygen atoms in total. The number of halogens is 1. The Morgan fingerprint density at radius 3 is 2.50 bits per heavy atom. The molecule has 1 N–H and O–H groups in total. The minimum atomic E-state index is -3.75. The molecule has 30 heavy (non-hydrogen) atoms. The van der Waals surface area contributed by atoms with E-state index < -0.39 is 10.0 Å². The minimum Gasteiger partial charge on any atom is -0.495 e. The second-order valence-electron chi connectivity index (χ2n) is 7.41. The van der Waals surface area contributed by atoms with Crippen LogP contribution in [0.1, 0.15) is 0 Å². The van der Waals surface area contributed by atoms with E-state index in [2.05, 4.69) is 21.6 Å². The van der Waals surface area contributed by atoms with Gasteiger partial charge in [0.05, 0.1) is 23.4 Å². The van der Waals surface area contributed by atoms with Gasteiger partial charge in [0.15, 0.2) is 0 Å². The van der Waals surface area contributed by atoms with Gasteiger partial charge in [0, 0.05) is 36.6 Å². The lowest BCUT2D eigenvalue weighted by atomic mass is 10.1. The Hall–Kier alpha value is -2.48. The number of methoxy groups -OCH3 is 1. The van der Waals surface area contributed by atoms with E-state index in [-0.39, 0.29) is 4.90 Å². The average Bonchev–Trinajstić information content (AvgIpc) is 2.74. The fourth-order valence-corrected chi connectivity index (χ4v) is 4.98. The lowest BCUT2D eigenvalue weighted by Gasteiger charge is -2.35. The molecule has 158 valence electrons. The molecule has 3 aromatic rings. The van der Waals surface area contributed by atoms with Gasteiger partial charge < -0.3 is 14.5 Å². The van der Waals surface area contributed by atoms with Gasteiger partial charge in [0.1, 0.15) is 5.75 Å². The van der Waals surface area contributed by atoms with E-state index >= 15 is 0 Å². The van der Waals surface area contributed by atoms with Crippen LogP contribution in [0.25, 0.3) is 10.8 Å². The number of piperazine rings is 1. The van der Waals surface area contributed by atoms with Crippen molar-refractivity contribution in [2.24, 2.45) is 0 Å². The van der Waals surface area contributed by atoms with E-state index in [4.69, 9.17) is 16.3 Å². The Morgan fingerprint density at radius 1 is 1.00 bits per heavy atom. The Morgan fingerprint density at radius 2 is 1.77 bits per heavy atom. The molecule has 1 heterocycles. The maximum Gasteiger partial charge on any atom is 0.261 e. The van der Waals surface area contributed by atoms with E-state index in [1.165, 1.54) is 0 Å². The first-order valence-electron chi connectivity index (χ1n) is 9.70. The van der Waals surface area contributed by atoms with Crippen molar-refractivity contribution in [2.75, 3.05) is 50.0 Å². The van der Waals surface area contributed by atoms with E-state index in [1.807, 2.05) is 12.1 Å². The van der Waals surface area contributed by atoms with Crippen molar-refractivity contribution in [2.45, 2.75) is 4.90 Å². The average molecular weight is 446 g/mol. The van der Waals surface area contributed by atoms with E-state index in [0.29, 0.717) is 10.7 Å². The monoisotopic (exact) mass is 445 g/mol. The zero-order valence-electron chi connectivity index (χ0n) is 16.9. The number of fused-ring (bicyclic) bond motifs is 1. The summed E-state index contributed by atoms with van der Waals surface area (Å²) in [6, 6.07) is 15.7. The summed E-state index contributed by atoms with van der Waals surface area (Å²) in [6.45, 7) is 3.60. The van der Waals surface area contributed by atoms with Gasteiger partial charge in [0.2, 0.25) is 0 Å². The van der Waals surface area contributed by atoms with Crippen molar-refractivity contribution < 1.29 is 13.2 Å². The Bertz CT molecular complexity index is 1180. The van der Waals surface area contributed by atoms with Gasteiger partial charge in [-0.1, -0.05) is 29.8 Å². The fraction of sp³-hybridized carbons (Fsp3) is 0.273. The lowest BCUT2D eigenvalue weighted by molar-refractivity contribution is 0.311. The molecule has 4 rings (SSSR count). The number of rotatable bonds is 5. The maximum absolute atomic E-state index is 13.0. The third kappa shape index (κ3) is 4.19. The van der Waals surface area contributed by atoms with Gasteiger partial charge in [-0.3, -0.25) is 4.72 Å². The van der Waals surface area contributed by atoms with Crippen LogP contribution < -0.4 is 14.4 Å². The SMILES string of the molecule is COc1ccc(NS(=O)(=O)c2ccc3c(Cl)cccc3c2)cc1N1CCN(C)CC1. The van der Waals surface area contributed by atoms with E-state index in [1.54, 1.807) is 49.6 Å². The zero-order chi connectivity index (χ0) is 21.3. The summed E-state index contributed by atoms with van der Waals surface area (Å²) < 4.78 is 34.2. The second kappa shape index (κ2) is 8.34. The lowest BCUT2D eigenvalue weighted by Crippen LogP contribution is -2.44. The molecule has 0 atom stereocenters. The van der Waals surface area contributed by atoms with Crippen molar-refractivity contribution in [3.05, 3.63) is 59.6 Å². The number of nitrogens with one attached hydrogen (secondary N) is 1. The number of sulfonamides is 1. The molecule has 0 amide bonds. The number of hydrogen-bond acceptors (Lipinski definition) is 5. The van der Waals surface area contributed by atoms with Crippen LogP contribution in [0.2, 0.25) is 5.02 Å². The molecule has 8 heteroatoms. The summed E-state index contributed by atoms with van der Waals surface area (Å²) in [5.74, 6) is 0.725. The molecule has 1 saturated heterocycles. The normalized spacial score (nSPS) is 15.4. The first-order chi connectivity index (χ1) is 14.4. The highest BCUT2D eigenvalue weighted by Gasteiger charge is 2.20. The molecule has 0 spiro atoms. The number of anilines is 2. The van der Waals surface area contributed by atoms with Crippen molar-refractivity contribution in [3.63, 3.8) is 0 Å². The van der Waals surface area contributed by atoms with Crippen molar-refractivity contribution in [3.8, 4) is 5.75 Å². The fourth-order valence-electron chi connectivity index (χ4n) is 3.65. The molecule has 1 aliphatic rings. The van der Waals surface area contributed by atoms with Gasteiger partial charge in [-0.25, -0.2) is 8.42 Å². The van der Waals surface area contributed by atoms with Gasteiger partial charge in [-0.2, -0.15) is 0 Å². The molecule has 0 bridgehead atoms. The molecule has 0 unspecified atom stereocenters. The van der Waals surface area contributed by atoms with Crippen LogP contribution in [0.3, 0.4) is 0 Å². The highest BCUT2D eigenvalue weighted by atomic mass is 35.5. The van der Waals surface area contributed by atoms with Gasteiger partial charge >= 0.3 is 0 Å². The van der Waals surface area contributed by atoms with Crippen molar-refractivity contribution in [1.29, 1.82) is 0 Å². The van der Waals surface area contributed by atoms with E-state index in [0.717, 1.165) is 48.4 Å². The number of hydrogen-bond donors (Lipinski definition) is 1. The summed E-state index contributed by atoms with van der Waals surface area (Å²) in [6.07, 6.45) is 0. The Balaban J connectivity index is 1.64. The zero-order valence-corrected chi connectivity index (χ0v) is 18.5. The third-order valence-corrected chi connectivity index (χ3v) is 7.09. The highest BCUT2D eigenvalue weighted by Crippen LogP contribution is 2.33. The number of ether oxygens (including phenoxy) is 1. The van der Waals surface area contributed by atoms with Crippen molar-refractivity contribution >= 4 is 43.8 Å². The summed E-state index contributed by atoms with van der Waals surface area (Å²) >= 11 is 6.20. The molecular formula is C22H24ClN3O3S. The van der Waals surface area contributed by atoms with Crippen LogP contribution in [-0.2, 0) is 10.0 Å². The summed E-state index contributed by atoms with van der Waals surface area (Å²) in [5, 5.41) is 2.19. The highest BCUT2D eigenvalue weighted by molar-refractivity contribution is 7.92. The maximum atomic E-state index is 13.0. The van der Waals surface area contributed by atoms with E-state index in [9.17, 15) is 8.42 Å². The quantitative estimate of drug-likeness (QED) is 0.641. The standard InChI is InChI=1S/C22H24ClN3O3S/c1-25-10-12-26(13-11-25)21-15-17(6-9-22(21)29-2)24-30(27,28)18-7-8-19-16(14-18)4-3-5-20(19)23/h3-9,14-15,24H,10-13H2,1-2H3. The summed E-state index contributed by atoms with van der Waals surface area (Å²) in [4.78, 5) is 4.67. The van der Waals surface area contributed by atoms with Gasteiger partial charge in [-0.15, -0.1) is 0 Å². The molecule has 1 aliphatic heterocycles. The molecule has 0 aliphatic carbocycles. The first kappa shape index (κ1) is 20.8. The smallest absolute Gasteiger partial charge is 0.261 e. The number of benzene rings is 3. The summed E-state index contributed by atoms with van der Waals surface area (Å²) in [5.41, 5.74) is 1.38. The van der Waals surface area contributed by atoms with Crippen LogP contribution in [0.15, 0.2) is 59.5 Å². The predicted octanol–water partition coefficient (Wildman–Crippen LogP) is 4.05. The Kier molecular flexibility index (Phi) is 5.77. The van der Waals surface area contributed by atoms with Crippen LogP contribution in [0.4, 0.5) is 11.4 Å². The second-order valence-corrected chi connectivity index (χ2v) is 9.49. The van der Waals surface area contributed by atoms with Gasteiger partial charge in [0.25, 0.3) is 10.0 Å². The Labute approximate surface area is 182 Å². The molecule has 0 aromatic heterocycles. The predicted molar refractivity (Wildman–Crippen MR) is 122 cm³/mol. The van der Waals surface area contributed by atoms with Crippen LogP contribution in [0, 0.1) is 0 Å². The van der Waals surface area contributed by atoms with Crippen LogP contribution in [-0.4, -0.2) is 53.7 Å². The topological polar surface area (TPSA) is 61.9 Å². The number of likely N-dealkylation sites (N-methyl/N-ethyl adjacent to an activating group) is 1. The largest absolute Gasteiger partial charge is 0.495 e. The molecule has 0 radical (unpaired) electrons. The van der Waals surface area contributed by atoms with Gasteiger partial charge in [-0.05, 0) is 48.8 Å². The molecule has 0 saturated carbocycles. The first-order valence-corrected chi connectivity index (χ1v) is 11.6. The van der Waals surface area contributed by atoms with Crippen LogP contribution in [0.5, 0.6) is 5.75 Å².